The van der Waals surface area contributed by atoms with Gasteiger partial charge >= 0.3 is 0 Å². The summed E-state index contributed by atoms with van der Waals surface area (Å²) in [6.45, 7) is 16.6. The van der Waals surface area contributed by atoms with Gasteiger partial charge in [-0.2, -0.15) is 0 Å². The first kappa shape index (κ1) is 30.7. The summed E-state index contributed by atoms with van der Waals surface area (Å²) in [4.78, 5) is 0. The fourth-order valence-corrected chi connectivity index (χ4v) is 6.17. The average molecular weight is 595 g/mol. The standard InChI is InChI=1S/C42H42O3/c1-5-9-29-13-19-33(20-14-29)35-23-17-31(11-7-3)25-37(35)41-39(44-41)27-43-28-40-42(45-40)38-26-32(12-8-4)18-24-36(38)34-21-15-30(10-6-2)16-22-34/h5-8,13-26,39-42H,1-4,9-12,27-28H2. The molecule has 0 spiro atoms. The monoisotopic (exact) mass is 594 g/mol. The Hall–Kier alpha value is -4.28. The van der Waals surface area contributed by atoms with E-state index in [1.165, 1.54) is 55.6 Å². The molecule has 2 fully saturated rings. The van der Waals surface area contributed by atoms with Crippen molar-refractivity contribution in [1.82, 2.24) is 0 Å². The fourth-order valence-electron chi connectivity index (χ4n) is 6.17. The van der Waals surface area contributed by atoms with Gasteiger partial charge in [0, 0.05) is 0 Å². The van der Waals surface area contributed by atoms with Crippen molar-refractivity contribution in [2.24, 2.45) is 0 Å². The quantitative estimate of drug-likeness (QED) is 0.0957. The minimum absolute atomic E-state index is 0.0137. The molecule has 3 nitrogen and oxygen atoms in total. The summed E-state index contributed by atoms with van der Waals surface area (Å²) < 4.78 is 18.6. The minimum atomic E-state index is 0.0137. The zero-order valence-electron chi connectivity index (χ0n) is 26.0. The van der Waals surface area contributed by atoms with Crippen molar-refractivity contribution in [3.05, 3.63) is 169 Å². The van der Waals surface area contributed by atoms with Crippen LogP contribution in [0.15, 0.2) is 136 Å². The molecule has 0 amide bonds. The van der Waals surface area contributed by atoms with E-state index < -0.39 is 0 Å². The number of hydrogen-bond acceptors (Lipinski definition) is 3. The predicted octanol–water partition coefficient (Wildman–Crippen LogP) is 9.53. The lowest BCUT2D eigenvalue weighted by molar-refractivity contribution is 0.102. The molecule has 0 aromatic heterocycles. The maximum atomic E-state index is 6.22. The molecule has 2 saturated heterocycles. The van der Waals surface area contributed by atoms with Gasteiger partial charge in [-0.3, -0.25) is 0 Å². The summed E-state index contributed by atoms with van der Waals surface area (Å²) >= 11 is 0. The van der Waals surface area contributed by atoms with Crippen LogP contribution in [-0.4, -0.2) is 25.4 Å². The van der Waals surface area contributed by atoms with Gasteiger partial charge < -0.3 is 14.2 Å². The fraction of sp³-hybridized carbons (Fsp3) is 0.238. The zero-order chi connectivity index (χ0) is 31.2. The molecule has 4 aromatic carbocycles. The van der Waals surface area contributed by atoms with E-state index in [2.05, 4.69) is 111 Å². The molecule has 2 heterocycles. The SMILES string of the molecule is C=CCc1ccc(-c2ccc(CC=C)cc2C2OC2COCC2OC2c2cc(CC=C)ccc2-c2ccc(CC=C)cc2)cc1. The molecule has 0 N–H and O–H groups in total. The van der Waals surface area contributed by atoms with E-state index in [1.807, 2.05) is 24.3 Å². The number of hydrogen-bond donors (Lipinski definition) is 0. The maximum Gasteiger partial charge on any atom is 0.112 e. The van der Waals surface area contributed by atoms with Gasteiger partial charge in [-0.25, -0.2) is 0 Å². The third-order valence-electron chi connectivity index (χ3n) is 8.62. The molecule has 45 heavy (non-hydrogen) atoms. The summed E-state index contributed by atoms with van der Waals surface area (Å²) in [5.41, 5.74) is 12.2. The van der Waals surface area contributed by atoms with Crippen molar-refractivity contribution >= 4 is 0 Å². The number of epoxide rings is 2. The summed E-state index contributed by atoms with van der Waals surface area (Å²) in [7, 11) is 0. The van der Waals surface area contributed by atoms with E-state index in [-0.39, 0.29) is 24.4 Å². The van der Waals surface area contributed by atoms with Gasteiger partial charge in [0.25, 0.3) is 0 Å². The first-order valence-corrected chi connectivity index (χ1v) is 15.9. The molecular weight excluding hydrogens is 552 g/mol. The molecule has 4 atom stereocenters. The second-order valence-electron chi connectivity index (χ2n) is 11.9. The van der Waals surface area contributed by atoms with Crippen LogP contribution in [0, 0.1) is 0 Å². The number of benzene rings is 4. The average Bonchev–Trinajstić information content (AvgIpc) is 3.99. The highest BCUT2D eigenvalue weighted by Gasteiger charge is 2.45. The van der Waals surface area contributed by atoms with E-state index >= 15 is 0 Å². The van der Waals surface area contributed by atoms with Gasteiger partial charge in [0.1, 0.15) is 24.4 Å². The van der Waals surface area contributed by atoms with Gasteiger partial charge in [-0.05, 0) is 81.3 Å². The summed E-state index contributed by atoms with van der Waals surface area (Å²) in [5, 5.41) is 0. The highest BCUT2D eigenvalue weighted by atomic mass is 16.6. The van der Waals surface area contributed by atoms with Crippen molar-refractivity contribution in [1.29, 1.82) is 0 Å². The van der Waals surface area contributed by atoms with Gasteiger partial charge in [-0.15, -0.1) is 26.3 Å². The van der Waals surface area contributed by atoms with Crippen molar-refractivity contribution < 1.29 is 14.2 Å². The molecule has 3 heteroatoms. The van der Waals surface area contributed by atoms with Crippen LogP contribution < -0.4 is 0 Å². The molecule has 4 unspecified atom stereocenters. The lowest BCUT2D eigenvalue weighted by atomic mass is 9.93. The Balaban J connectivity index is 1.11. The Bertz CT molecular complexity index is 1540. The second-order valence-corrected chi connectivity index (χ2v) is 11.9. The van der Waals surface area contributed by atoms with Gasteiger partial charge in [0.15, 0.2) is 0 Å². The van der Waals surface area contributed by atoms with Crippen molar-refractivity contribution in [3.8, 4) is 22.3 Å². The third-order valence-corrected chi connectivity index (χ3v) is 8.62. The maximum absolute atomic E-state index is 6.22. The first-order valence-electron chi connectivity index (χ1n) is 15.9. The van der Waals surface area contributed by atoms with Crippen molar-refractivity contribution in [2.75, 3.05) is 13.2 Å². The van der Waals surface area contributed by atoms with Crippen LogP contribution in [0.3, 0.4) is 0 Å². The van der Waals surface area contributed by atoms with Crippen molar-refractivity contribution in [2.45, 2.75) is 50.1 Å². The topological polar surface area (TPSA) is 34.3 Å². The highest BCUT2D eigenvalue weighted by molar-refractivity contribution is 5.70. The lowest BCUT2D eigenvalue weighted by Gasteiger charge is -2.12. The summed E-state index contributed by atoms with van der Waals surface area (Å²) in [6.07, 6.45) is 11.2. The Labute approximate surface area is 268 Å². The number of allylic oxidation sites excluding steroid dienone is 4. The van der Waals surface area contributed by atoms with Crippen LogP contribution >= 0.6 is 0 Å². The predicted molar refractivity (Wildman–Crippen MR) is 185 cm³/mol. The second kappa shape index (κ2) is 14.2. The van der Waals surface area contributed by atoms with Crippen molar-refractivity contribution in [3.63, 3.8) is 0 Å². The van der Waals surface area contributed by atoms with E-state index in [9.17, 15) is 0 Å². The Kier molecular flexibility index (Phi) is 9.71. The van der Waals surface area contributed by atoms with Crippen LogP contribution in [0.25, 0.3) is 22.3 Å². The van der Waals surface area contributed by atoms with E-state index in [1.54, 1.807) is 0 Å². The van der Waals surface area contributed by atoms with E-state index in [0.717, 1.165) is 25.7 Å². The third kappa shape index (κ3) is 7.34. The molecule has 2 aliphatic heterocycles. The lowest BCUT2D eigenvalue weighted by Crippen LogP contribution is -2.09. The van der Waals surface area contributed by atoms with Gasteiger partial charge in [0.05, 0.1) is 13.2 Å². The first-order chi connectivity index (χ1) is 22.1. The molecular formula is C42H42O3. The van der Waals surface area contributed by atoms with Crippen LogP contribution in [0.2, 0.25) is 0 Å². The normalized spacial score (nSPS) is 19.9. The molecule has 0 bridgehead atoms. The number of rotatable bonds is 16. The van der Waals surface area contributed by atoms with E-state index in [0.29, 0.717) is 13.2 Å². The molecule has 2 aliphatic rings. The minimum Gasteiger partial charge on any atom is -0.376 e. The number of ether oxygens (including phenoxy) is 3. The molecule has 228 valence electrons. The summed E-state index contributed by atoms with van der Waals surface area (Å²) in [5.74, 6) is 0. The van der Waals surface area contributed by atoms with Crippen LogP contribution in [-0.2, 0) is 39.9 Å². The zero-order valence-corrected chi connectivity index (χ0v) is 26.0. The van der Waals surface area contributed by atoms with Crippen LogP contribution in [0.5, 0.6) is 0 Å². The molecule has 0 aliphatic carbocycles. The van der Waals surface area contributed by atoms with Gasteiger partial charge in [-0.1, -0.05) is 109 Å². The highest BCUT2D eigenvalue weighted by Crippen LogP contribution is 2.46. The molecule has 0 saturated carbocycles. The smallest absolute Gasteiger partial charge is 0.112 e. The van der Waals surface area contributed by atoms with Gasteiger partial charge in [0.2, 0.25) is 0 Å². The summed E-state index contributed by atoms with van der Waals surface area (Å²) in [6, 6.07) is 30.8. The molecule has 6 rings (SSSR count). The molecule has 0 radical (unpaired) electrons. The Morgan fingerprint density at radius 1 is 0.489 bits per heavy atom. The largest absolute Gasteiger partial charge is 0.376 e. The Morgan fingerprint density at radius 3 is 1.22 bits per heavy atom. The Morgan fingerprint density at radius 2 is 0.844 bits per heavy atom. The van der Waals surface area contributed by atoms with Crippen LogP contribution in [0.1, 0.15) is 45.6 Å². The molecule has 4 aromatic rings. The van der Waals surface area contributed by atoms with E-state index in [4.69, 9.17) is 14.2 Å². The van der Waals surface area contributed by atoms with Crippen LogP contribution in [0.4, 0.5) is 0 Å².